The van der Waals surface area contributed by atoms with E-state index in [1.807, 2.05) is 43.1 Å². The molecule has 11 heteroatoms. The SMILES string of the molecule is CCc1c(C)c2cc3[nH]c(cc4nc(c5c6nc(cc1[nH]2)C1(C)c2cc(C=O)ccc2N(C)C(C(C#N)=C5)C61CCC(=O)O)C(CCC(=O)O)=C4C)c(C)c3CC. The van der Waals surface area contributed by atoms with Crippen molar-refractivity contribution in [2.45, 2.75) is 96.9 Å². The Morgan fingerprint density at radius 1 is 0.930 bits per heavy atom. The summed E-state index contributed by atoms with van der Waals surface area (Å²) in [5.74, 6) is -1.93. The van der Waals surface area contributed by atoms with Crippen LogP contribution in [-0.4, -0.2) is 61.5 Å². The van der Waals surface area contributed by atoms with Crippen molar-refractivity contribution in [3.05, 3.63) is 104 Å². The first-order valence-electron chi connectivity index (χ1n) is 19.6. The number of aliphatic carboxylic acids is 2. The molecule has 1 aromatic carbocycles. The Morgan fingerprint density at radius 3 is 2.19 bits per heavy atom. The van der Waals surface area contributed by atoms with Gasteiger partial charge in [-0.25, -0.2) is 4.98 Å². The fourth-order valence-corrected chi connectivity index (χ4v) is 10.4. The van der Waals surface area contributed by atoms with Crippen LogP contribution in [0.4, 0.5) is 5.69 Å². The number of fused-ring (bicyclic) bond motifs is 11. The number of nitrogens with one attached hydrogen (secondary N) is 2. The Hall–Kier alpha value is -6.28. The van der Waals surface area contributed by atoms with Gasteiger partial charge in [-0.2, -0.15) is 5.26 Å². The third kappa shape index (κ3) is 5.26. The molecule has 3 unspecified atom stereocenters. The highest BCUT2D eigenvalue weighted by atomic mass is 16.4. The summed E-state index contributed by atoms with van der Waals surface area (Å²) in [7, 11) is 1.91. The highest BCUT2D eigenvalue weighted by Gasteiger charge is 2.67. The summed E-state index contributed by atoms with van der Waals surface area (Å²) < 4.78 is 0. The quantitative estimate of drug-likeness (QED) is 0.122. The zero-order valence-electron chi connectivity index (χ0n) is 33.3. The third-order valence-corrected chi connectivity index (χ3v) is 13.4. The van der Waals surface area contributed by atoms with Gasteiger partial charge in [-0.3, -0.25) is 19.4 Å². The van der Waals surface area contributed by atoms with Crippen LogP contribution in [0.2, 0.25) is 0 Å². The molecule has 0 spiro atoms. The molecule has 0 amide bonds. The monoisotopic (exact) mass is 762 g/mol. The van der Waals surface area contributed by atoms with Gasteiger partial charge in [0.1, 0.15) is 6.29 Å². The summed E-state index contributed by atoms with van der Waals surface area (Å²) in [6, 6.07) is 13.7. The number of carboxylic acids is 2. The number of aryl methyl sites for hydroxylation is 4. The Bertz CT molecular complexity index is 2740. The van der Waals surface area contributed by atoms with Gasteiger partial charge >= 0.3 is 11.9 Å². The van der Waals surface area contributed by atoms with Crippen LogP contribution < -0.4 is 4.90 Å². The standard InChI is InChI=1S/C46H46N6O5/c1-8-28-23(3)33-18-35-25(5)30(11-13-40(54)55)42(50-35)31-17-27(21-47)44-46(15-14-41(56)57)43(31)51-39(20-37-29(9-2)24(4)34(49-37)19-36(28)48-33)45(46,6)32-16-26(22-53)10-12-38(32)52(44)7/h10,12,16-20,22,44,48-49H,8-9,11,13-15H2,1-7H3,(H,54,55)(H,56,57). The van der Waals surface area contributed by atoms with Crippen LogP contribution in [0, 0.1) is 25.2 Å². The molecule has 6 heterocycles. The Labute approximate surface area is 330 Å². The number of carbonyl (C=O) groups is 3. The number of nitriles is 1. The van der Waals surface area contributed by atoms with Crippen molar-refractivity contribution in [1.29, 1.82) is 5.26 Å². The van der Waals surface area contributed by atoms with E-state index < -0.39 is 28.8 Å². The molecule has 8 rings (SSSR count). The highest BCUT2D eigenvalue weighted by Crippen LogP contribution is 2.65. The fraction of sp³-hybridized carbons (Fsp3) is 0.348. The summed E-state index contributed by atoms with van der Waals surface area (Å²) >= 11 is 0. The molecule has 4 aromatic rings. The molecule has 4 aliphatic rings. The van der Waals surface area contributed by atoms with Gasteiger partial charge in [0.15, 0.2) is 0 Å². The smallest absolute Gasteiger partial charge is 0.303 e. The first kappa shape index (κ1) is 37.6. The number of anilines is 1. The number of aromatic amines is 2. The topological polar surface area (TPSA) is 176 Å². The van der Waals surface area contributed by atoms with Gasteiger partial charge < -0.3 is 25.1 Å². The summed E-state index contributed by atoms with van der Waals surface area (Å²) in [6.07, 6.45) is 4.14. The molecule has 0 saturated carbocycles. The van der Waals surface area contributed by atoms with E-state index in [2.05, 4.69) is 62.8 Å². The molecule has 4 N–H and O–H groups in total. The Morgan fingerprint density at radius 2 is 1.58 bits per heavy atom. The molecule has 3 aromatic heterocycles. The zero-order valence-corrected chi connectivity index (χ0v) is 33.3. The number of carboxylic acid groups (broad SMARTS) is 2. The minimum atomic E-state index is -1.13. The van der Waals surface area contributed by atoms with Gasteiger partial charge in [0, 0.05) is 58.8 Å². The second-order valence-electron chi connectivity index (χ2n) is 16.0. The van der Waals surface area contributed by atoms with Crippen LogP contribution in [0.15, 0.2) is 42.0 Å². The largest absolute Gasteiger partial charge is 0.481 e. The van der Waals surface area contributed by atoms with E-state index in [1.54, 1.807) is 6.07 Å². The average molecular weight is 763 g/mol. The molecule has 8 bridgehead atoms. The van der Waals surface area contributed by atoms with Crippen molar-refractivity contribution in [2.75, 3.05) is 11.9 Å². The van der Waals surface area contributed by atoms with Gasteiger partial charge in [-0.15, -0.1) is 0 Å². The molecule has 57 heavy (non-hydrogen) atoms. The van der Waals surface area contributed by atoms with E-state index in [0.29, 0.717) is 39.5 Å². The van der Waals surface area contributed by atoms with E-state index in [-0.39, 0.29) is 25.7 Å². The number of likely N-dealkylation sites (N-methyl/N-ethyl adjacent to an activating group) is 1. The molecular weight excluding hydrogens is 717 g/mol. The van der Waals surface area contributed by atoms with Crippen molar-refractivity contribution in [2.24, 2.45) is 0 Å². The second kappa shape index (κ2) is 13.4. The maximum absolute atomic E-state index is 12.7. The Balaban J connectivity index is 1.65. The van der Waals surface area contributed by atoms with Crippen molar-refractivity contribution >= 4 is 63.2 Å². The van der Waals surface area contributed by atoms with Crippen LogP contribution in [0.25, 0.3) is 39.3 Å². The summed E-state index contributed by atoms with van der Waals surface area (Å²) in [6.45, 7) is 12.5. The number of hydrogen-bond donors (Lipinski definition) is 4. The highest BCUT2D eigenvalue weighted by molar-refractivity contribution is 5.97. The number of aldehydes is 1. The molecule has 11 nitrogen and oxygen atoms in total. The van der Waals surface area contributed by atoms with Crippen LogP contribution in [0.3, 0.4) is 0 Å². The van der Waals surface area contributed by atoms with Gasteiger partial charge in [-0.1, -0.05) is 13.8 Å². The first-order chi connectivity index (χ1) is 27.2. The minimum Gasteiger partial charge on any atom is -0.481 e. The summed E-state index contributed by atoms with van der Waals surface area (Å²) in [4.78, 5) is 57.5. The number of H-pyrrole nitrogens is 2. The van der Waals surface area contributed by atoms with E-state index in [4.69, 9.17) is 9.97 Å². The lowest BCUT2D eigenvalue weighted by atomic mass is 9.49. The predicted octanol–water partition coefficient (Wildman–Crippen LogP) is 8.51. The molecule has 3 atom stereocenters. The fourth-order valence-electron chi connectivity index (χ4n) is 10.4. The number of nitrogens with zero attached hydrogens (tertiary/aromatic N) is 4. The lowest BCUT2D eigenvalue weighted by Crippen LogP contribution is -2.64. The number of carbonyl (C=O) groups excluding carboxylic acids is 1. The van der Waals surface area contributed by atoms with Crippen molar-refractivity contribution in [1.82, 2.24) is 19.9 Å². The second-order valence-corrected chi connectivity index (χ2v) is 16.0. The van der Waals surface area contributed by atoms with Crippen molar-refractivity contribution < 1.29 is 24.6 Å². The maximum Gasteiger partial charge on any atom is 0.303 e. The summed E-state index contributed by atoms with van der Waals surface area (Å²) in [5.41, 5.74) is 13.1. The van der Waals surface area contributed by atoms with Crippen molar-refractivity contribution in [3.8, 4) is 6.07 Å². The van der Waals surface area contributed by atoms with Crippen LogP contribution in [-0.2, 0) is 33.3 Å². The van der Waals surface area contributed by atoms with Crippen LogP contribution in [0.1, 0.15) is 120 Å². The first-order valence-corrected chi connectivity index (χ1v) is 19.6. The lowest BCUT2D eigenvalue weighted by Gasteiger charge is -2.58. The number of hydrogen-bond acceptors (Lipinski definition) is 7. The molecule has 0 saturated heterocycles. The number of benzene rings is 1. The third-order valence-electron chi connectivity index (χ3n) is 13.4. The van der Waals surface area contributed by atoms with Gasteiger partial charge in [0.25, 0.3) is 0 Å². The van der Waals surface area contributed by atoms with Gasteiger partial charge in [0.05, 0.1) is 51.3 Å². The summed E-state index contributed by atoms with van der Waals surface area (Å²) in [5, 5.41) is 31.4. The van der Waals surface area contributed by atoms with Crippen LogP contribution >= 0.6 is 0 Å². The molecule has 0 radical (unpaired) electrons. The van der Waals surface area contributed by atoms with E-state index >= 15 is 0 Å². The number of rotatable bonds is 9. The zero-order chi connectivity index (χ0) is 40.7. The minimum absolute atomic E-state index is 0.119. The predicted molar refractivity (Wildman–Crippen MR) is 221 cm³/mol. The van der Waals surface area contributed by atoms with Gasteiger partial charge in [-0.05, 0) is 135 Å². The molecule has 1 aliphatic carbocycles. The maximum atomic E-state index is 12.7. The normalized spacial score (nSPS) is 20.6. The number of allylic oxidation sites excluding steroid dienone is 2. The van der Waals surface area contributed by atoms with Crippen LogP contribution in [0.5, 0.6) is 0 Å². The number of aromatic nitrogens is 4. The van der Waals surface area contributed by atoms with E-state index in [0.717, 1.165) is 80.3 Å². The lowest BCUT2D eigenvalue weighted by molar-refractivity contribution is -0.138. The van der Waals surface area contributed by atoms with E-state index in [1.165, 1.54) is 5.56 Å². The van der Waals surface area contributed by atoms with Crippen molar-refractivity contribution in [3.63, 3.8) is 0 Å². The molecule has 3 aliphatic heterocycles. The van der Waals surface area contributed by atoms with E-state index in [9.17, 15) is 29.9 Å². The Kier molecular flexibility index (Phi) is 8.87. The van der Waals surface area contributed by atoms with Gasteiger partial charge in [0.2, 0.25) is 0 Å². The molecule has 0 fully saturated rings. The average Bonchev–Trinajstić information content (AvgIpc) is 3.85. The molecular formula is C46H46N6O5. The molecule has 290 valence electrons.